The highest BCUT2D eigenvalue weighted by molar-refractivity contribution is 5.78. The molecule has 0 bridgehead atoms. The summed E-state index contributed by atoms with van der Waals surface area (Å²) in [6, 6.07) is 9.91. The van der Waals surface area contributed by atoms with Crippen LogP contribution in [0, 0.1) is 0 Å². The average Bonchev–Trinajstić information content (AvgIpc) is 2.96. The van der Waals surface area contributed by atoms with Gasteiger partial charge in [0.25, 0.3) is 0 Å². The van der Waals surface area contributed by atoms with Crippen molar-refractivity contribution >= 4 is 5.91 Å². The van der Waals surface area contributed by atoms with Gasteiger partial charge in [-0.1, -0.05) is 18.2 Å². The molecule has 1 N–H and O–H groups in total. The van der Waals surface area contributed by atoms with Crippen LogP contribution in [-0.4, -0.2) is 56.8 Å². The molecule has 1 aliphatic rings. The van der Waals surface area contributed by atoms with E-state index in [-0.39, 0.29) is 12.5 Å². The van der Waals surface area contributed by atoms with Crippen molar-refractivity contribution in [3.8, 4) is 5.75 Å². The van der Waals surface area contributed by atoms with Gasteiger partial charge in [-0.2, -0.15) is 0 Å². The van der Waals surface area contributed by atoms with Crippen LogP contribution in [0.2, 0.25) is 0 Å². The third-order valence-electron chi connectivity index (χ3n) is 3.60. The summed E-state index contributed by atoms with van der Waals surface area (Å²) >= 11 is 0. The number of ether oxygens (including phenoxy) is 2. The fraction of sp³-hybridized carbons (Fsp3) is 0.562. The zero-order valence-corrected chi connectivity index (χ0v) is 12.6. The lowest BCUT2D eigenvalue weighted by atomic mass is 10.2. The van der Waals surface area contributed by atoms with E-state index in [1.54, 1.807) is 0 Å². The van der Waals surface area contributed by atoms with Gasteiger partial charge in [0.1, 0.15) is 19.0 Å². The third kappa shape index (κ3) is 5.02. The SMILES string of the molecule is CNCC1CCCN1C(=O)COCCOc1ccccc1. The highest BCUT2D eigenvalue weighted by Gasteiger charge is 2.27. The number of para-hydroxylation sites is 1. The lowest BCUT2D eigenvalue weighted by Gasteiger charge is -2.24. The number of carbonyl (C=O) groups excluding carboxylic acids is 1. The summed E-state index contributed by atoms with van der Waals surface area (Å²) in [5.41, 5.74) is 0. The van der Waals surface area contributed by atoms with Gasteiger partial charge in [-0.3, -0.25) is 4.79 Å². The summed E-state index contributed by atoms with van der Waals surface area (Å²) in [6.45, 7) is 2.71. The number of benzene rings is 1. The zero-order valence-electron chi connectivity index (χ0n) is 12.6. The highest BCUT2D eigenvalue weighted by atomic mass is 16.5. The third-order valence-corrected chi connectivity index (χ3v) is 3.60. The van der Waals surface area contributed by atoms with E-state index < -0.39 is 0 Å². The molecule has 1 aliphatic heterocycles. The van der Waals surface area contributed by atoms with E-state index >= 15 is 0 Å². The Morgan fingerprint density at radius 3 is 2.90 bits per heavy atom. The maximum Gasteiger partial charge on any atom is 0.248 e. The summed E-state index contributed by atoms with van der Waals surface area (Å²) < 4.78 is 10.9. The van der Waals surface area contributed by atoms with E-state index in [1.165, 1.54) is 0 Å². The molecule has 1 unspecified atom stereocenters. The molecule has 1 saturated heterocycles. The second-order valence-electron chi connectivity index (χ2n) is 5.15. The minimum atomic E-state index is 0.0764. The van der Waals surface area contributed by atoms with Crippen LogP contribution in [-0.2, 0) is 9.53 Å². The molecular formula is C16H24N2O3. The molecule has 21 heavy (non-hydrogen) atoms. The van der Waals surface area contributed by atoms with Gasteiger partial charge in [0, 0.05) is 19.1 Å². The fourth-order valence-electron chi connectivity index (χ4n) is 2.59. The Morgan fingerprint density at radius 2 is 2.14 bits per heavy atom. The van der Waals surface area contributed by atoms with Crippen molar-refractivity contribution in [2.75, 3.05) is 40.0 Å². The minimum Gasteiger partial charge on any atom is -0.491 e. The lowest BCUT2D eigenvalue weighted by Crippen LogP contribution is -2.42. The number of likely N-dealkylation sites (tertiary alicyclic amines) is 1. The van der Waals surface area contributed by atoms with E-state index in [9.17, 15) is 4.79 Å². The Morgan fingerprint density at radius 1 is 1.33 bits per heavy atom. The van der Waals surface area contributed by atoms with E-state index in [2.05, 4.69) is 5.32 Å². The van der Waals surface area contributed by atoms with Crippen molar-refractivity contribution < 1.29 is 14.3 Å². The van der Waals surface area contributed by atoms with Gasteiger partial charge >= 0.3 is 0 Å². The number of likely N-dealkylation sites (N-methyl/N-ethyl adjacent to an activating group) is 1. The summed E-state index contributed by atoms with van der Waals surface area (Å²) in [6.07, 6.45) is 2.15. The Balaban J connectivity index is 1.61. The molecule has 0 radical (unpaired) electrons. The van der Waals surface area contributed by atoms with E-state index in [4.69, 9.17) is 9.47 Å². The Hall–Kier alpha value is -1.59. The molecular weight excluding hydrogens is 268 g/mol. The summed E-state index contributed by atoms with van der Waals surface area (Å²) in [5.74, 6) is 0.897. The zero-order chi connectivity index (χ0) is 14.9. The van der Waals surface area contributed by atoms with E-state index in [1.807, 2.05) is 42.3 Å². The first-order valence-corrected chi connectivity index (χ1v) is 7.51. The van der Waals surface area contributed by atoms with Crippen LogP contribution in [0.5, 0.6) is 5.75 Å². The molecule has 1 heterocycles. The first kappa shape index (κ1) is 15.8. The number of nitrogens with zero attached hydrogens (tertiary/aromatic N) is 1. The normalized spacial score (nSPS) is 18.0. The Bertz CT molecular complexity index is 425. The largest absolute Gasteiger partial charge is 0.491 e. The molecule has 1 fully saturated rings. The molecule has 0 aliphatic carbocycles. The molecule has 1 amide bonds. The van der Waals surface area contributed by atoms with Crippen molar-refractivity contribution in [1.29, 1.82) is 0 Å². The van der Waals surface area contributed by atoms with Gasteiger partial charge in [-0.25, -0.2) is 0 Å². The molecule has 5 heteroatoms. The van der Waals surface area contributed by atoms with Gasteiger partial charge in [0.2, 0.25) is 5.91 Å². The first-order valence-electron chi connectivity index (χ1n) is 7.51. The average molecular weight is 292 g/mol. The maximum atomic E-state index is 12.1. The van der Waals surface area contributed by atoms with Gasteiger partial charge in [0.05, 0.1) is 6.61 Å². The topological polar surface area (TPSA) is 50.8 Å². The molecule has 1 aromatic carbocycles. The molecule has 0 aromatic heterocycles. The van der Waals surface area contributed by atoms with Crippen molar-refractivity contribution in [1.82, 2.24) is 10.2 Å². The second kappa shape index (κ2) is 8.64. The van der Waals surface area contributed by atoms with Crippen molar-refractivity contribution in [2.45, 2.75) is 18.9 Å². The maximum absolute atomic E-state index is 12.1. The van der Waals surface area contributed by atoms with Crippen LogP contribution >= 0.6 is 0 Å². The summed E-state index contributed by atoms with van der Waals surface area (Å²) in [5, 5.41) is 3.13. The summed E-state index contributed by atoms with van der Waals surface area (Å²) in [7, 11) is 1.92. The van der Waals surface area contributed by atoms with E-state index in [0.717, 1.165) is 31.7 Å². The smallest absolute Gasteiger partial charge is 0.248 e. The van der Waals surface area contributed by atoms with Crippen molar-refractivity contribution in [2.24, 2.45) is 0 Å². The molecule has 0 saturated carbocycles. The van der Waals surface area contributed by atoms with Crippen LogP contribution in [0.25, 0.3) is 0 Å². The van der Waals surface area contributed by atoms with Gasteiger partial charge in [-0.05, 0) is 32.0 Å². The molecule has 2 rings (SSSR count). The fourth-order valence-corrected chi connectivity index (χ4v) is 2.59. The number of nitrogens with one attached hydrogen (secondary N) is 1. The monoisotopic (exact) mass is 292 g/mol. The predicted molar refractivity (Wildman–Crippen MR) is 81.4 cm³/mol. The Kier molecular flexibility index (Phi) is 6.50. The molecule has 5 nitrogen and oxygen atoms in total. The standard InChI is InChI=1S/C16H24N2O3/c1-17-12-14-6-5-9-18(14)16(19)13-20-10-11-21-15-7-3-2-4-8-15/h2-4,7-8,14,17H,5-6,9-13H2,1H3. The highest BCUT2D eigenvalue weighted by Crippen LogP contribution is 2.16. The van der Waals surface area contributed by atoms with Gasteiger partial charge in [0.15, 0.2) is 0 Å². The van der Waals surface area contributed by atoms with Crippen molar-refractivity contribution in [3.63, 3.8) is 0 Å². The number of amides is 1. The van der Waals surface area contributed by atoms with Crippen molar-refractivity contribution in [3.05, 3.63) is 30.3 Å². The predicted octanol–water partition coefficient (Wildman–Crippen LogP) is 1.29. The van der Waals surface area contributed by atoms with E-state index in [0.29, 0.717) is 19.3 Å². The van der Waals surface area contributed by atoms with Crippen LogP contribution in [0.4, 0.5) is 0 Å². The summed E-state index contributed by atoms with van der Waals surface area (Å²) in [4.78, 5) is 14.0. The van der Waals surface area contributed by atoms with Crippen LogP contribution in [0.15, 0.2) is 30.3 Å². The molecule has 1 atom stereocenters. The molecule has 0 spiro atoms. The van der Waals surface area contributed by atoms with Crippen LogP contribution in [0.1, 0.15) is 12.8 Å². The first-order chi connectivity index (χ1) is 10.3. The molecule has 1 aromatic rings. The van der Waals surface area contributed by atoms with Gasteiger partial charge < -0.3 is 19.7 Å². The number of hydrogen-bond acceptors (Lipinski definition) is 4. The minimum absolute atomic E-state index is 0.0764. The second-order valence-corrected chi connectivity index (χ2v) is 5.15. The van der Waals surface area contributed by atoms with Gasteiger partial charge in [-0.15, -0.1) is 0 Å². The number of carbonyl (C=O) groups is 1. The quantitative estimate of drug-likeness (QED) is 0.734. The number of hydrogen-bond donors (Lipinski definition) is 1. The Labute approximate surface area is 126 Å². The van der Waals surface area contributed by atoms with Crippen LogP contribution in [0.3, 0.4) is 0 Å². The lowest BCUT2D eigenvalue weighted by molar-refractivity contribution is -0.137. The molecule has 116 valence electrons. The number of rotatable bonds is 8. The van der Waals surface area contributed by atoms with Crippen LogP contribution < -0.4 is 10.1 Å².